The van der Waals surface area contributed by atoms with Crippen molar-refractivity contribution >= 4 is 16.7 Å². The summed E-state index contributed by atoms with van der Waals surface area (Å²) >= 11 is 0. The minimum atomic E-state index is -0.936. The third kappa shape index (κ3) is 5.27. The second kappa shape index (κ2) is 8.32. The molecular formula is C17H25NO2S. The predicted octanol–water partition coefficient (Wildman–Crippen LogP) is 3.19. The summed E-state index contributed by atoms with van der Waals surface area (Å²) in [5.41, 5.74) is 1.04. The molecule has 0 spiro atoms. The van der Waals surface area contributed by atoms with Crippen LogP contribution in [0, 0.1) is 5.92 Å². The third-order valence-corrected chi connectivity index (χ3v) is 4.95. The Morgan fingerprint density at radius 1 is 1.19 bits per heavy atom. The zero-order chi connectivity index (χ0) is 15.1. The summed E-state index contributed by atoms with van der Waals surface area (Å²) < 4.78 is 11.6. The van der Waals surface area contributed by atoms with Gasteiger partial charge < -0.3 is 5.32 Å². The van der Waals surface area contributed by atoms with E-state index in [-0.39, 0.29) is 17.9 Å². The van der Waals surface area contributed by atoms with Gasteiger partial charge in [-0.15, -0.1) is 0 Å². The standard InChI is InChI=1S/C17H25NO2S/c1-21(20)13-16(14-9-7-4-8-10-14)18-17(19)15-11-5-2-3-6-12-15/h4,7-10,15-16H,2-3,5-6,11-13H2,1H3,(H,18,19). The van der Waals surface area contributed by atoms with Gasteiger partial charge in [-0.2, -0.15) is 0 Å². The minimum absolute atomic E-state index is 0.129. The monoisotopic (exact) mass is 307 g/mol. The molecule has 0 saturated heterocycles. The van der Waals surface area contributed by atoms with Gasteiger partial charge in [0.15, 0.2) is 0 Å². The molecule has 1 aromatic rings. The highest BCUT2D eigenvalue weighted by Gasteiger charge is 2.23. The first-order valence-corrected chi connectivity index (χ1v) is 9.55. The molecule has 2 rings (SSSR count). The molecule has 2 unspecified atom stereocenters. The van der Waals surface area contributed by atoms with Gasteiger partial charge in [-0.3, -0.25) is 9.00 Å². The quantitative estimate of drug-likeness (QED) is 0.849. The van der Waals surface area contributed by atoms with Crippen LogP contribution < -0.4 is 5.32 Å². The van der Waals surface area contributed by atoms with Crippen molar-refractivity contribution in [1.29, 1.82) is 0 Å². The molecule has 1 fully saturated rings. The lowest BCUT2D eigenvalue weighted by atomic mass is 9.98. The Morgan fingerprint density at radius 2 is 1.81 bits per heavy atom. The van der Waals surface area contributed by atoms with Gasteiger partial charge in [-0.1, -0.05) is 56.0 Å². The number of hydrogen-bond acceptors (Lipinski definition) is 2. The molecule has 1 aliphatic carbocycles. The fourth-order valence-electron chi connectivity index (χ4n) is 2.97. The van der Waals surface area contributed by atoms with Crippen LogP contribution in [0.1, 0.15) is 50.1 Å². The first-order chi connectivity index (χ1) is 10.2. The molecule has 1 amide bonds. The van der Waals surface area contributed by atoms with E-state index in [0.29, 0.717) is 5.75 Å². The Bertz CT molecular complexity index is 467. The van der Waals surface area contributed by atoms with Gasteiger partial charge in [0.2, 0.25) is 5.91 Å². The zero-order valence-electron chi connectivity index (χ0n) is 12.7. The molecular weight excluding hydrogens is 282 g/mol. The Morgan fingerprint density at radius 3 is 2.38 bits per heavy atom. The molecule has 1 saturated carbocycles. The van der Waals surface area contributed by atoms with Crippen LogP contribution in [0.4, 0.5) is 0 Å². The fraction of sp³-hybridized carbons (Fsp3) is 0.588. The van der Waals surface area contributed by atoms with Crippen LogP contribution in [0.15, 0.2) is 30.3 Å². The van der Waals surface area contributed by atoms with E-state index < -0.39 is 10.8 Å². The van der Waals surface area contributed by atoms with Gasteiger partial charge in [-0.25, -0.2) is 0 Å². The minimum Gasteiger partial charge on any atom is -0.348 e. The predicted molar refractivity (Wildman–Crippen MR) is 87.5 cm³/mol. The molecule has 0 bridgehead atoms. The number of carbonyl (C=O) groups excluding carboxylic acids is 1. The number of carbonyl (C=O) groups is 1. The van der Waals surface area contributed by atoms with Gasteiger partial charge >= 0.3 is 0 Å². The summed E-state index contributed by atoms with van der Waals surface area (Å²) in [7, 11) is -0.936. The van der Waals surface area contributed by atoms with Crippen LogP contribution >= 0.6 is 0 Å². The van der Waals surface area contributed by atoms with Gasteiger partial charge in [0.1, 0.15) is 0 Å². The molecule has 0 aliphatic heterocycles. The first-order valence-electron chi connectivity index (χ1n) is 7.82. The third-order valence-electron chi connectivity index (χ3n) is 4.15. The Labute approximate surface area is 130 Å². The van der Waals surface area contributed by atoms with Gasteiger partial charge in [-0.05, 0) is 18.4 Å². The Kier molecular flexibility index (Phi) is 6.43. The number of nitrogens with one attached hydrogen (secondary N) is 1. The van der Waals surface area contributed by atoms with Crippen LogP contribution in [0.25, 0.3) is 0 Å². The van der Waals surface area contributed by atoms with Gasteiger partial charge in [0, 0.05) is 28.7 Å². The highest BCUT2D eigenvalue weighted by molar-refractivity contribution is 7.84. The van der Waals surface area contributed by atoms with Crippen LogP contribution in [-0.2, 0) is 15.6 Å². The summed E-state index contributed by atoms with van der Waals surface area (Å²) in [6.45, 7) is 0. The van der Waals surface area contributed by atoms with Crippen molar-refractivity contribution in [3.63, 3.8) is 0 Å². The Hall–Kier alpha value is -1.16. The first kappa shape index (κ1) is 16.2. The number of hydrogen-bond donors (Lipinski definition) is 1. The van der Waals surface area contributed by atoms with Crippen molar-refractivity contribution in [2.75, 3.05) is 12.0 Å². The summed E-state index contributed by atoms with van der Waals surface area (Å²) in [4.78, 5) is 12.5. The maximum Gasteiger partial charge on any atom is 0.223 e. The smallest absolute Gasteiger partial charge is 0.223 e. The van der Waals surface area contributed by atoms with Crippen LogP contribution in [-0.4, -0.2) is 22.1 Å². The molecule has 1 aromatic carbocycles. The topological polar surface area (TPSA) is 46.2 Å². The maximum atomic E-state index is 12.5. The largest absolute Gasteiger partial charge is 0.348 e. The SMILES string of the molecule is CS(=O)CC(NC(=O)C1CCCCCC1)c1ccccc1. The average molecular weight is 307 g/mol. The summed E-state index contributed by atoms with van der Waals surface area (Å²) in [5.74, 6) is 0.739. The van der Waals surface area contributed by atoms with Crippen molar-refractivity contribution in [3.8, 4) is 0 Å². The van der Waals surface area contributed by atoms with Crippen LogP contribution in [0.5, 0.6) is 0 Å². The lowest BCUT2D eigenvalue weighted by molar-refractivity contribution is -0.126. The van der Waals surface area contributed by atoms with Crippen molar-refractivity contribution in [2.24, 2.45) is 5.92 Å². The lowest BCUT2D eigenvalue weighted by Gasteiger charge is -2.22. The molecule has 3 nitrogen and oxygen atoms in total. The number of amides is 1. The van der Waals surface area contributed by atoms with E-state index in [4.69, 9.17) is 0 Å². The van der Waals surface area contributed by atoms with Gasteiger partial charge in [0.25, 0.3) is 0 Å². The van der Waals surface area contributed by atoms with Crippen LogP contribution in [0.2, 0.25) is 0 Å². The van der Waals surface area contributed by atoms with E-state index in [1.165, 1.54) is 12.8 Å². The molecule has 0 aromatic heterocycles. The highest BCUT2D eigenvalue weighted by atomic mass is 32.2. The lowest BCUT2D eigenvalue weighted by Crippen LogP contribution is -2.36. The zero-order valence-corrected chi connectivity index (χ0v) is 13.5. The normalized spacial score (nSPS) is 19.5. The summed E-state index contributed by atoms with van der Waals surface area (Å²) in [6.07, 6.45) is 8.44. The van der Waals surface area contributed by atoms with E-state index in [2.05, 4.69) is 5.32 Å². The summed E-state index contributed by atoms with van der Waals surface area (Å²) in [5, 5.41) is 3.13. The van der Waals surface area contributed by atoms with Crippen molar-refractivity contribution < 1.29 is 9.00 Å². The molecule has 1 aliphatic rings. The van der Waals surface area contributed by atoms with Crippen LogP contribution in [0.3, 0.4) is 0 Å². The average Bonchev–Trinajstić information content (AvgIpc) is 2.76. The Balaban J connectivity index is 2.03. The van der Waals surface area contributed by atoms with E-state index in [1.54, 1.807) is 6.26 Å². The van der Waals surface area contributed by atoms with Crippen molar-refractivity contribution in [1.82, 2.24) is 5.32 Å². The fourth-order valence-corrected chi connectivity index (χ4v) is 3.72. The molecule has 21 heavy (non-hydrogen) atoms. The summed E-state index contributed by atoms with van der Waals surface area (Å²) in [6, 6.07) is 9.71. The van der Waals surface area contributed by atoms with E-state index >= 15 is 0 Å². The molecule has 0 radical (unpaired) electrons. The maximum absolute atomic E-state index is 12.5. The molecule has 2 atom stereocenters. The van der Waals surface area contributed by atoms with E-state index in [0.717, 1.165) is 31.2 Å². The van der Waals surface area contributed by atoms with Crippen molar-refractivity contribution in [2.45, 2.75) is 44.6 Å². The highest BCUT2D eigenvalue weighted by Crippen LogP contribution is 2.24. The molecule has 0 heterocycles. The molecule has 116 valence electrons. The second-order valence-corrected chi connectivity index (χ2v) is 7.38. The molecule has 4 heteroatoms. The van der Waals surface area contributed by atoms with Crippen molar-refractivity contribution in [3.05, 3.63) is 35.9 Å². The number of rotatable bonds is 5. The van der Waals surface area contributed by atoms with Gasteiger partial charge in [0.05, 0.1) is 6.04 Å². The number of benzene rings is 1. The van der Waals surface area contributed by atoms with E-state index in [1.807, 2.05) is 30.3 Å². The molecule has 1 N–H and O–H groups in total. The second-order valence-electron chi connectivity index (χ2n) is 5.90. The van der Waals surface area contributed by atoms with E-state index in [9.17, 15) is 9.00 Å².